The zero-order chi connectivity index (χ0) is 23.1. The largest absolute Gasteiger partial charge is 0.478 e. The van der Waals surface area contributed by atoms with Crippen LogP contribution in [0.25, 0.3) is 11.1 Å². The van der Waals surface area contributed by atoms with Gasteiger partial charge in [-0.05, 0) is 40.5 Å². The van der Waals surface area contributed by atoms with Gasteiger partial charge in [0, 0.05) is 5.75 Å². The molecule has 0 bridgehead atoms. The highest BCUT2D eigenvalue weighted by atomic mass is 32.2. The van der Waals surface area contributed by atoms with Crippen LogP contribution in [-0.4, -0.2) is 22.5 Å². The molecule has 3 aromatic rings. The second-order valence-electron chi connectivity index (χ2n) is 6.68. The number of carboxylic acids is 1. The fourth-order valence-corrected chi connectivity index (χ4v) is 3.37. The first-order valence-corrected chi connectivity index (χ1v) is 10.3. The second kappa shape index (κ2) is 10.1. The van der Waals surface area contributed by atoms with E-state index in [0.29, 0.717) is 28.1 Å². The van der Waals surface area contributed by atoms with Crippen LogP contribution in [0.5, 0.6) is 0 Å². The number of halogens is 3. The van der Waals surface area contributed by atoms with Crippen LogP contribution in [0.4, 0.5) is 13.2 Å². The van der Waals surface area contributed by atoms with E-state index in [0.717, 1.165) is 11.6 Å². The Morgan fingerprint density at radius 3 is 2.31 bits per heavy atom. The number of carbonyl (C=O) groups is 1. The van der Waals surface area contributed by atoms with E-state index in [9.17, 15) is 18.0 Å². The average Bonchev–Trinajstić information content (AvgIpc) is 2.78. The number of benzene rings is 3. The number of amidine groups is 1. The number of carboxylic acid groups (broad SMARTS) is 1. The third-order valence-electron chi connectivity index (χ3n) is 4.34. The van der Waals surface area contributed by atoms with E-state index in [2.05, 4.69) is 10.2 Å². The first-order valence-electron chi connectivity index (χ1n) is 9.31. The summed E-state index contributed by atoms with van der Waals surface area (Å²) in [6.07, 6.45) is -3.18. The van der Waals surface area contributed by atoms with Gasteiger partial charge in [-0.2, -0.15) is 18.3 Å². The molecule has 9 heteroatoms. The molecule has 0 fully saturated rings. The number of aromatic carboxylic acids is 1. The first-order chi connectivity index (χ1) is 15.2. The summed E-state index contributed by atoms with van der Waals surface area (Å²) >= 11 is 1.35. The summed E-state index contributed by atoms with van der Waals surface area (Å²) in [5, 5.41) is 17.3. The van der Waals surface area contributed by atoms with Crippen LogP contribution in [-0.2, 0) is 11.9 Å². The Balaban J connectivity index is 1.71. The van der Waals surface area contributed by atoms with E-state index in [1.54, 1.807) is 24.3 Å². The van der Waals surface area contributed by atoms with Gasteiger partial charge in [0.05, 0.1) is 17.3 Å². The Morgan fingerprint density at radius 1 is 1.00 bits per heavy atom. The molecule has 3 N–H and O–H groups in total. The maximum atomic E-state index is 13.1. The fourth-order valence-electron chi connectivity index (χ4n) is 2.76. The second-order valence-corrected chi connectivity index (χ2v) is 7.68. The van der Waals surface area contributed by atoms with Crippen molar-refractivity contribution < 1.29 is 23.1 Å². The molecule has 3 aromatic carbocycles. The van der Waals surface area contributed by atoms with E-state index in [4.69, 9.17) is 10.8 Å². The number of alkyl halides is 3. The minimum atomic E-state index is -4.65. The third kappa shape index (κ3) is 6.45. The molecule has 0 atom stereocenters. The predicted molar refractivity (Wildman–Crippen MR) is 121 cm³/mol. The Hall–Kier alpha value is -3.59. The number of nitrogens with zero attached hydrogens (tertiary/aromatic N) is 2. The number of nitrogens with two attached hydrogens (primary N) is 1. The lowest BCUT2D eigenvalue weighted by Crippen LogP contribution is -2.08. The van der Waals surface area contributed by atoms with E-state index in [1.165, 1.54) is 24.0 Å². The lowest BCUT2D eigenvalue weighted by Gasteiger charge is -2.11. The fraction of sp³-hybridized carbons (Fsp3) is 0.0870. The van der Waals surface area contributed by atoms with Crippen molar-refractivity contribution in [2.75, 3.05) is 0 Å². The summed E-state index contributed by atoms with van der Waals surface area (Å²) in [6, 6.07) is 19.0. The summed E-state index contributed by atoms with van der Waals surface area (Å²) in [5.74, 6) is -0.767. The summed E-state index contributed by atoms with van der Waals surface area (Å²) < 4.78 is 39.3. The minimum absolute atomic E-state index is 0.153. The van der Waals surface area contributed by atoms with Gasteiger partial charge in [-0.25, -0.2) is 4.79 Å². The highest BCUT2D eigenvalue weighted by Gasteiger charge is 2.31. The molecule has 0 amide bonds. The highest BCUT2D eigenvalue weighted by molar-refractivity contribution is 8.13. The average molecular weight is 457 g/mol. The zero-order valence-electron chi connectivity index (χ0n) is 16.6. The molecule has 5 nitrogen and oxygen atoms in total. The van der Waals surface area contributed by atoms with Crippen LogP contribution < -0.4 is 5.73 Å². The van der Waals surface area contributed by atoms with E-state index in [-0.39, 0.29) is 5.56 Å². The highest BCUT2D eigenvalue weighted by Crippen LogP contribution is 2.33. The van der Waals surface area contributed by atoms with Gasteiger partial charge in [0.2, 0.25) is 0 Å². The molecule has 0 unspecified atom stereocenters. The molecule has 0 aliphatic rings. The van der Waals surface area contributed by atoms with Crippen LogP contribution in [0, 0.1) is 0 Å². The molecule has 0 spiro atoms. The first kappa shape index (κ1) is 23.1. The van der Waals surface area contributed by atoms with Gasteiger partial charge in [-0.3, -0.25) is 0 Å². The molecule has 164 valence electrons. The molecule has 0 saturated heterocycles. The van der Waals surface area contributed by atoms with Gasteiger partial charge in [0.25, 0.3) is 0 Å². The predicted octanol–water partition coefficient (Wildman–Crippen LogP) is 5.65. The van der Waals surface area contributed by atoms with Crippen molar-refractivity contribution in [3.63, 3.8) is 0 Å². The van der Waals surface area contributed by atoms with Crippen LogP contribution >= 0.6 is 11.8 Å². The Labute approximate surface area is 186 Å². The molecule has 0 heterocycles. The number of hydrogen-bond acceptors (Lipinski definition) is 4. The summed E-state index contributed by atoms with van der Waals surface area (Å²) in [6.45, 7) is 0. The van der Waals surface area contributed by atoms with Crippen molar-refractivity contribution in [3.8, 4) is 11.1 Å². The lowest BCUT2D eigenvalue weighted by molar-refractivity contribution is -0.137. The Kier molecular flexibility index (Phi) is 7.32. The van der Waals surface area contributed by atoms with Crippen molar-refractivity contribution in [3.05, 3.63) is 95.1 Å². The van der Waals surface area contributed by atoms with Gasteiger partial charge in [-0.15, -0.1) is 5.10 Å². The van der Waals surface area contributed by atoms with Gasteiger partial charge in [0.15, 0.2) is 5.17 Å². The van der Waals surface area contributed by atoms with Crippen LogP contribution in [0.15, 0.2) is 83.0 Å². The topological polar surface area (TPSA) is 88.0 Å². The van der Waals surface area contributed by atoms with E-state index >= 15 is 0 Å². The van der Waals surface area contributed by atoms with Crippen molar-refractivity contribution in [1.82, 2.24) is 0 Å². The molecule has 0 aliphatic heterocycles. The molecular formula is C23H18F3N3O2S. The smallest absolute Gasteiger partial charge is 0.416 e. The summed E-state index contributed by atoms with van der Waals surface area (Å²) in [7, 11) is 0. The molecule has 3 rings (SSSR count). The third-order valence-corrected chi connectivity index (χ3v) is 5.20. The van der Waals surface area contributed by atoms with Gasteiger partial charge in [-0.1, -0.05) is 66.4 Å². The monoisotopic (exact) mass is 457 g/mol. The lowest BCUT2D eigenvalue weighted by atomic mass is 9.98. The van der Waals surface area contributed by atoms with Crippen LogP contribution in [0.1, 0.15) is 27.0 Å². The van der Waals surface area contributed by atoms with Crippen molar-refractivity contribution >= 4 is 29.1 Å². The van der Waals surface area contributed by atoms with Gasteiger partial charge >= 0.3 is 12.1 Å². The van der Waals surface area contributed by atoms with E-state index < -0.39 is 23.3 Å². The van der Waals surface area contributed by atoms with E-state index in [1.807, 2.05) is 30.3 Å². The molecule has 0 radical (unpaired) electrons. The molecule has 0 aliphatic carbocycles. The quantitative estimate of drug-likeness (QED) is 0.284. The molecule has 0 aromatic heterocycles. The van der Waals surface area contributed by atoms with Gasteiger partial charge in [0.1, 0.15) is 0 Å². The molecule has 0 saturated carbocycles. The number of hydrogen-bond donors (Lipinski definition) is 2. The van der Waals surface area contributed by atoms with Gasteiger partial charge < -0.3 is 10.8 Å². The Bertz CT molecular complexity index is 1150. The summed E-state index contributed by atoms with van der Waals surface area (Å²) in [4.78, 5) is 11.2. The maximum Gasteiger partial charge on any atom is 0.416 e. The summed E-state index contributed by atoms with van der Waals surface area (Å²) in [5.41, 5.74) is 6.74. The maximum absolute atomic E-state index is 13.1. The van der Waals surface area contributed by atoms with Crippen LogP contribution in [0.3, 0.4) is 0 Å². The standard InChI is InChI=1S/C23H18F3N3O2S/c24-23(25,26)20-11-18(10-19(12-20)21(30)31)17-8-6-15(7-9-17)13-28-29-22(27)32-14-16-4-2-1-3-5-16/h1-13H,14H2,(H2,27,29)(H,30,31). The van der Waals surface area contributed by atoms with Crippen molar-refractivity contribution in [2.45, 2.75) is 11.9 Å². The molecule has 32 heavy (non-hydrogen) atoms. The van der Waals surface area contributed by atoms with Crippen molar-refractivity contribution in [1.29, 1.82) is 0 Å². The van der Waals surface area contributed by atoms with Crippen LogP contribution in [0.2, 0.25) is 0 Å². The zero-order valence-corrected chi connectivity index (χ0v) is 17.4. The molecular weight excluding hydrogens is 439 g/mol. The minimum Gasteiger partial charge on any atom is -0.478 e. The Morgan fingerprint density at radius 2 is 1.69 bits per heavy atom. The number of thioether (sulfide) groups is 1. The van der Waals surface area contributed by atoms with Crippen molar-refractivity contribution in [2.24, 2.45) is 15.9 Å². The number of rotatable bonds is 6. The normalized spacial score (nSPS) is 12.3. The SMILES string of the molecule is NC(=NN=Cc1ccc(-c2cc(C(=O)O)cc(C(F)(F)F)c2)cc1)SCc1ccccc1.